The third-order valence-electron chi connectivity index (χ3n) is 8.46. The maximum atomic E-state index is 13.8. The number of nitrogens with zero attached hydrogens (tertiary/aromatic N) is 2. The molecule has 3 fully saturated rings. The zero-order valence-corrected chi connectivity index (χ0v) is 21.0. The topological polar surface area (TPSA) is 185 Å². The molecule has 4 N–H and O–H groups in total. The standard InChI is InChI=1S/C26H29N3O9/c1-28(2)18-14-10-12-9-11-3-4-13(25(36)29-5-7-38-8-6-29)19(30)15(11)20(31)16(12)22(33)26(14,37)23(34)17(21(18)32)24(27)35/h3-4,12,14,16-18,30,37H,5-10H2,1-2H3,(H2,27,35)/t12-,14-,16?,17?,18-,26-/m0/s1. The summed E-state index contributed by atoms with van der Waals surface area (Å²) in [6, 6.07) is 1.85. The highest BCUT2D eigenvalue weighted by Crippen LogP contribution is 2.50. The largest absolute Gasteiger partial charge is 0.506 e. The number of hydrogen-bond acceptors (Lipinski definition) is 10. The number of hydrogen-bond donors (Lipinski definition) is 3. The molecule has 12 heteroatoms. The van der Waals surface area contributed by atoms with Crippen LogP contribution in [0.3, 0.4) is 0 Å². The van der Waals surface area contributed by atoms with Crippen LogP contribution in [-0.2, 0) is 30.3 Å². The number of aliphatic hydroxyl groups is 1. The average molecular weight is 528 g/mol. The number of phenols is 1. The van der Waals surface area contributed by atoms with Gasteiger partial charge in [0.25, 0.3) is 5.91 Å². The van der Waals surface area contributed by atoms with E-state index in [0.29, 0.717) is 31.9 Å². The van der Waals surface area contributed by atoms with E-state index in [9.17, 15) is 39.0 Å². The van der Waals surface area contributed by atoms with E-state index >= 15 is 0 Å². The lowest BCUT2D eigenvalue weighted by Crippen LogP contribution is -2.74. The Morgan fingerprint density at radius 2 is 1.76 bits per heavy atom. The van der Waals surface area contributed by atoms with Gasteiger partial charge < -0.3 is 25.6 Å². The zero-order valence-electron chi connectivity index (χ0n) is 21.0. The number of rotatable bonds is 3. The SMILES string of the molecule is CN(C)[C@@H]1C(=O)C(C(N)=O)C(=O)[C@@]2(O)C(=O)C3C(=O)c4c(ccc(C(=O)N5CCOCC5)c4O)C[C@H]3C[C@@H]12. The molecule has 2 amide bonds. The van der Waals surface area contributed by atoms with Crippen molar-refractivity contribution in [1.82, 2.24) is 9.80 Å². The van der Waals surface area contributed by atoms with Crippen LogP contribution in [0.1, 0.15) is 32.7 Å². The summed E-state index contributed by atoms with van der Waals surface area (Å²) in [6.07, 6.45) is 0.116. The van der Waals surface area contributed by atoms with Crippen molar-refractivity contribution < 1.29 is 43.7 Å². The number of nitrogens with two attached hydrogens (primary N) is 1. The number of phenolic OH excluding ortho intramolecular Hbond substituents is 1. The van der Waals surface area contributed by atoms with Crippen LogP contribution in [-0.4, -0.2) is 107 Å². The van der Waals surface area contributed by atoms with Crippen molar-refractivity contribution in [3.05, 3.63) is 28.8 Å². The zero-order chi connectivity index (χ0) is 27.7. The molecule has 1 saturated heterocycles. The number of fused-ring (bicyclic) bond motifs is 3. The molecule has 0 spiro atoms. The average Bonchev–Trinajstić information content (AvgIpc) is 2.86. The molecule has 2 unspecified atom stereocenters. The van der Waals surface area contributed by atoms with Crippen LogP contribution in [0.4, 0.5) is 0 Å². The van der Waals surface area contributed by atoms with Crippen LogP contribution < -0.4 is 5.73 Å². The second-order valence-electron chi connectivity index (χ2n) is 10.7. The van der Waals surface area contributed by atoms with Crippen LogP contribution >= 0.6 is 0 Å². The quantitative estimate of drug-likeness (QED) is 0.384. The Hall–Kier alpha value is -3.48. The van der Waals surface area contributed by atoms with E-state index in [2.05, 4.69) is 0 Å². The summed E-state index contributed by atoms with van der Waals surface area (Å²) >= 11 is 0. The number of carbonyl (C=O) groups excluding carboxylic acids is 6. The van der Waals surface area contributed by atoms with Crippen LogP contribution in [0.25, 0.3) is 0 Å². The van der Waals surface area contributed by atoms with E-state index in [-0.39, 0.29) is 24.0 Å². The number of ketones is 4. The first-order valence-electron chi connectivity index (χ1n) is 12.5. The molecule has 38 heavy (non-hydrogen) atoms. The third-order valence-corrected chi connectivity index (χ3v) is 8.46. The number of likely N-dealkylation sites (N-methyl/N-ethyl adjacent to an activating group) is 1. The summed E-state index contributed by atoms with van der Waals surface area (Å²) in [4.78, 5) is 82.0. The van der Waals surface area contributed by atoms with Gasteiger partial charge in [-0.3, -0.25) is 33.7 Å². The van der Waals surface area contributed by atoms with Crippen molar-refractivity contribution in [2.45, 2.75) is 24.5 Å². The summed E-state index contributed by atoms with van der Waals surface area (Å²) in [5.41, 5.74) is 2.66. The molecule has 0 radical (unpaired) electrons. The fourth-order valence-corrected chi connectivity index (χ4v) is 6.69. The van der Waals surface area contributed by atoms with Crippen LogP contribution in [0.15, 0.2) is 12.1 Å². The summed E-state index contributed by atoms with van der Waals surface area (Å²) in [5.74, 6) is -11.8. The second kappa shape index (κ2) is 9.07. The normalized spacial score (nSPS) is 33.1. The van der Waals surface area contributed by atoms with E-state index < -0.39 is 76.0 Å². The van der Waals surface area contributed by atoms with Gasteiger partial charge in [-0.1, -0.05) is 6.07 Å². The number of morpholine rings is 1. The second-order valence-corrected chi connectivity index (χ2v) is 10.7. The number of benzene rings is 1. The number of amides is 2. The minimum absolute atomic E-state index is 0.0287. The number of ether oxygens (including phenoxy) is 1. The highest BCUT2D eigenvalue weighted by Gasteiger charge is 2.69. The maximum Gasteiger partial charge on any atom is 0.257 e. The van der Waals surface area contributed by atoms with Crippen molar-refractivity contribution in [3.8, 4) is 5.75 Å². The lowest BCUT2D eigenvalue weighted by Gasteiger charge is -2.52. The monoisotopic (exact) mass is 527 g/mol. The Balaban J connectivity index is 1.56. The maximum absolute atomic E-state index is 13.8. The van der Waals surface area contributed by atoms with E-state index in [1.54, 1.807) is 6.07 Å². The van der Waals surface area contributed by atoms with Gasteiger partial charge in [0.2, 0.25) is 5.91 Å². The van der Waals surface area contributed by atoms with Gasteiger partial charge in [0.05, 0.1) is 36.3 Å². The molecule has 6 atom stereocenters. The smallest absolute Gasteiger partial charge is 0.257 e. The Morgan fingerprint density at radius 1 is 1.11 bits per heavy atom. The van der Waals surface area contributed by atoms with Crippen molar-refractivity contribution in [2.24, 2.45) is 29.4 Å². The lowest BCUT2D eigenvalue weighted by atomic mass is 9.52. The molecule has 5 rings (SSSR count). The fraction of sp³-hybridized carbons (Fsp3) is 0.538. The first-order chi connectivity index (χ1) is 17.9. The minimum atomic E-state index is -2.78. The van der Waals surface area contributed by atoms with Crippen LogP contribution in [0.2, 0.25) is 0 Å². The fourth-order valence-electron chi connectivity index (χ4n) is 6.69. The summed E-state index contributed by atoms with van der Waals surface area (Å²) in [7, 11) is 3.06. The van der Waals surface area contributed by atoms with Gasteiger partial charge in [0, 0.05) is 19.0 Å². The van der Waals surface area contributed by atoms with E-state index in [4.69, 9.17) is 10.5 Å². The Bertz CT molecular complexity index is 1280. The van der Waals surface area contributed by atoms with E-state index in [1.807, 2.05) is 0 Å². The van der Waals surface area contributed by atoms with Crippen LogP contribution in [0.5, 0.6) is 5.75 Å². The molecular weight excluding hydrogens is 498 g/mol. The number of carbonyl (C=O) groups is 6. The Morgan fingerprint density at radius 3 is 2.37 bits per heavy atom. The van der Waals surface area contributed by atoms with Crippen molar-refractivity contribution in [1.29, 1.82) is 0 Å². The number of Topliss-reactive ketones (excluding diaryl/α,β-unsaturated/α-hetero) is 4. The Labute approximate surface area is 217 Å². The van der Waals surface area contributed by atoms with Gasteiger partial charge in [0.15, 0.2) is 34.7 Å². The summed E-state index contributed by atoms with van der Waals surface area (Å²) in [6.45, 7) is 1.31. The molecule has 4 aliphatic rings. The van der Waals surface area contributed by atoms with E-state index in [0.717, 1.165) is 0 Å². The predicted molar refractivity (Wildman–Crippen MR) is 128 cm³/mol. The molecule has 1 aromatic rings. The van der Waals surface area contributed by atoms with Crippen molar-refractivity contribution in [2.75, 3.05) is 40.4 Å². The van der Waals surface area contributed by atoms with Crippen molar-refractivity contribution >= 4 is 34.9 Å². The number of aromatic hydroxyl groups is 1. The molecule has 0 aromatic heterocycles. The molecular formula is C26H29N3O9. The van der Waals surface area contributed by atoms with Crippen molar-refractivity contribution in [3.63, 3.8) is 0 Å². The highest BCUT2D eigenvalue weighted by atomic mass is 16.5. The molecule has 3 aliphatic carbocycles. The summed E-state index contributed by atoms with van der Waals surface area (Å²) in [5, 5.41) is 22.6. The van der Waals surface area contributed by atoms with Crippen LogP contribution in [0, 0.1) is 23.7 Å². The Kier molecular flexibility index (Phi) is 6.24. The first kappa shape index (κ1) is 26.1. The van der Waals surface area contributed by atoms with Gasteiger partial charge in [-0.2, -0.15) is 0 Å². The van der Waals surface area contributed by atoms with Gasteiger partial charge in [0.1, 0.15) is 5.75 Å². The molecule has 1 aromatic carbocycles. The molecule has 202 valence electrons. The highest BCUT2D eigenvalue weighted by molar-refractivity contribution is 6.32. The minimum Gasteiger partial charge on any atom is -0.506 e. The molecule has 0 bridgehead atoms. The first-order valence-corrected chi connectivity index (χ1v) is 12.5. The molecule has 12 nitrogen and oxygen atoms in total. The summed E-state index contributed by atoms with van der Waals surface area (Å²) < 4.78 is 5.25. The predicted octanol–water partition coefficient (Wildman–Crippen LogP) is -1.66. The molecule has 2 saturated carbocycles. The van der Waals surface area contributed by atoms with Gasteiger partial charge in [-0.25, -0.2) is 0 Å². The number of primary amides is 1. The van der Waals surface area contributed by atoms with Gasteiger partial charge in [-0.05, 0) is 44.5 Å². The lowest BCUT2D eigenvalue weighted by molar-refractivity contribution is -0.181. The van der Waals surface area contributed by atoms with E-state index in [1.165, 1.54) is 30.0 Å². The molecule has 1 heterocycles. The third kappa shape index (κ3) is 3.54. The molecule has 1 aliphatic heterocycles. The van der Waals surface area contributed by atoms with Gasteiger partial charge in [-0.15, -0.1) is 0 Å². The van der Waals surface area contributed by atoms with Gasteiger partial charge >= 0.3 is 0 Å².